The first-order valence-corrected chi connectivity index (χ1v) is 5.80. The Kier molecular flexibility index (Phi) is 2.71. The zero-order chi connectivity index (χ0) is 12.5. The number of fused-ring (bicyclic) bond motifs is 1. The Morgan fingerprint density at radius 3 is 2.94 bits per heavy atom. The van der Waals surface area contributed by atoms with Crippen LogP contribution in [-0.4, -0.2) is 37.0 Å². The van der Waals surface area contributed by atoms with E-state index in [1.54, 1.807) is 4.90 Å². The number of carbonyl (C=O) groups is 1. The Balaban J connectivity index is 1.71. The summed E-state index contributed by atoms with van der Waals surface area (Å²) in [6.45, 7) is 1.62. The van der Waals surface area contributed by atoms with Crippen LogP contribution in [0.5, 0.6) is 11.5 Å². The molecule has 18 heavy (non-hydrogen) atoms. The smallest absolute Gasteiger partial charge is 0.410 e. The maximum Gasteiger partial charge on any atom is 0.410 e. The molecule has 2 aliphatic rings. The van der Waals surface area contributed by atoms with Crippen LogP contribution in [0.15, 0.2) is 18.2 Å². The van der Waals surface area contributed by atoms with Crippen LogP contribution in [0.25, 0.3) is 0 Å². The Morgan fingerprint density at radius 2 is 2.17 bits per heavy atom. The van der Waals surface area contributed by atoms with E-state index >= 15 is 0 Å². The van der Waals surface area contributed by atoms with E-state index < -0.39 is 0 Å². The van der Waals surface area contributed by atoms with Crippen LogP contribution >= 0.6 is 0 Å². The molecule has 0 spiro atoms. The van der Waals surface area contributed by atoms with Crippen molar-refractivity contribution in [1.82, 2.24) is 4.90 Å². The van der Waals surface area contributed by atoms with Crippen molar-refractivity contribution < 1.29 is 19.0 Å². The van der Waals surface area contributed by atoms with E-state index in [9.17, 15) is 4.79 Å². The number of nitrogens with zero attached hydrogens (tertiary/aromatic N) is 1. The molecule has 6 heteroatoms. The molecule has 1 atom stereocenters. The third-order valence-electron chi connectivity index (χ3n) is 3.02. The van der Waals surface area contributed by atoms with Crippen molar-refractivity contribution in [3.8, 4) is 11.5 Å². The van der Waals surface area contributed by atoms with Gasteiger partial charge < -0.3 is 24.8 Å². The summed E-state index contributed by atoms with van der Waals surface area (Å²) in [5.41, 5.74) is 6.47. The zero-order valence-corrected chi connectivity index (χ0v) is 9.80. The molecule has 0 aromatic heterocycles. The highest BCUT2D eigenvalue weighted by Crippen LogP contribution is 2.33. The van der Waals surface area contributed by atoms with E-state index in [1.807, 2.05) is 18.2 Å². The van der Waals surface area contributed by atoms with Crippen molar-refractivity contribution in [2.24, 2.45) is 5.73 Å². The summed E-state index contributed by atoms with van der Waals surface area (Å²) in [6, 6.07) is 5.64. The predicted octanol–water partition coefficient (Wildman–Crippen LogP) is 0.695. The molecule has 0 aliphatic carbocycles. The van der Waals surface area contributed by atoms with Gasteiger partial charge in [-0.2, -0.15) is 0 Å². The van der Waals surface area contributed by atoms with E-state index in [1.165, 1.54) is 0 Å². The number of amides is 1. The number of rotatable bonds is 3. The maximum absolute atomic E-state index is 11.6. The Hall–Kier alpha value is -1.95. The summed E-state index contributed by atoms with van der Waals surface area (Å²) in [6.07, 6.45) is -0.519. The molecular formula is C12H14N2O4. The van der Waals surface area contributed by atoms with Gasteiger partial charge in [0.15, 0.2) is 11.5 Å². The fourth-order valence-corrected chi connectivity index (χ4v) is 2.09. The Labute approximate surface area is 104 Å². The lowest BCUT2D eigenvalue weighted by Crippen LogP contribution is -2.27. The number of carbonyl (C=O) groups excluding carboxylic acids is 1. The zero-order valence-electron chi connectivity index (χ0n) is 9.80. The van der Waals surface area contributed by atoms with Gasteiger partial charge in [-0.25, -0.2) is 4.79 Å². The minimum atomic E-state index is -0.317. The molecule has 1 fully saturated rings. The van der Waals surface area contributed by atoms with Gasteiger partial charge in [-0.15, -0.1) is 0 Å². The van der Waals surface area contributed by atoms with Gasteiger partial charge in [-0.3, -0.25) is 0 Å². The van der Waals surface area contributed by atoms with Crippen molar-refractivity contribution in [2.75, 3.05) is 19.9 Å². The van der Waals surface area contributed by atoms with Gasteiger partial charge in [-0.05, 0) is 17.7 Å². The number of hydrogen-bond acceptors (Lipinski definition) is 5. The standard InChI is InChI=1S/C12H14N2O4/c13-4-9-6-14(12(15)18-9)5-8-1-2-10-11(3-8)17-7-16-10/h1-3,9H,4-7,13H2. The fourth-order valence-electron chi connectivity index (χ4n) is 2.09. The maximum atomic E-state index is 11.6. The van der Waals surface area contributed by atoms with Gasteiger partial charge in [-0.1, -0.05) is 6.07 Å². The van der Waals surface area contributed by atoms with Gasteiger partial charge in [0, 0.05) is 13.1 Å². The highest BCUT2D eigenvalue weighted by molar-refractivity contribution is 5.70. The van der Waals surface area contributed by atoms with E-state index in [-0.39, 0.29) is 19.0 Å². The summed E-state index contributed by atoms with van der Waals surface area (Å²) in [5, 5.41) is 0. The molecule has 0 saturated carbocycles. The molecule has 1 aromatic rings. The molecular weight excluding hydrogens is 236 g/mol. The van der Waals surface area contributed by atoms with Gasteiger partial charge in [0.1, 0.15) is 6.10 Å². The first kappa shape index (κ1) is 11.2. The molecule has 1 saturated heterocycles. The van der Waals surface area contributed by atoms with Crippen LogP contribution in [0, 0.1) is 0 Å². The topological polar surface area (TPSA) is 74.0 Å². The molecule has 1 aromatic carbocycles. The molecule has 2 N–H and O–H groups in total. The van der Waals surface area contributed by atoms with Gasteiger partial charge in [0.2, 0.25) is 6.79 Å². The normalized spacial score (nSPS) is 21.3. The largest absolute Gasteiger partial charge is 0.454 e. The van der Waals surface area contributed by atoms with Gasteiger partial charge >= 0.3 is 6.09 Å². The molecule has 6 nitrogen and oxygen atoms in total. The number of ether oxygens (including phenoxy) is 3. The second-order valence-corrected chi connectivity index (χ2v) is 4.31. The highest BCUT2D eigenvalue weighted by Gasteiger charge is 2.30. The quantitative estimate of drug-likeness (QED) is 0.854. The average molecular weight is 250 g/mol. The summed E-state index contributed by atoms with van der Waals surface area (Å²) in [4.78, 5) is 13.2. The van der Waals surface area contributed by atoms with Crippen LogP contribution in [0.1, 0.15) is 5.56 Å². The molecule has 1 unspecified atom stereocenters. The Bertz CT molecular complexity index is 477. The predicted molar refractivity (Wildman–Crippen MR) is 62.3 cm³/mol. The van der Waals surface area contributed by atoms with Crippen molar-refractivity contribution >= 4 is 6.09 Å². The number of benzene rings is 1. The third kappa shape index (κ3) is 1.95. The summed E-state index contributed by atoms with van der Waals surface area (Å²) in [5.74, 6) is 1.46. The molecule has 2 aliphatic heterocycles. The highest BCUT2D eigenvalue weighted by atomic mass is 16.7. The average Bonchev–Trinajstić information content (AvgIpc) is 2.96. The summed E-state index contributed by atoms with van der Waals surface area (Å²) < 4.78 is 15.6. The number of nitrogens with two attached hydrogens (primary N) is 1. The van der Waals surface area contributed by atoms with Crippen molar-refractivity contribution in [2.45, 2.75) is 12.6 Å². The minimum absolute atomic E-state index is 0.202. The minimum Gasteiger partial charge on any atom is -0.454 e. The molecule has 0 radical (unpaired) electrons. The van der Waals surface area contributed by atoms with Crippen LogP contribution in [0.2, 0.25) is 0 Å². The van der Waals surface area contributed by atoms with Crippen molar-refractivity contribution in [3.63, 3.8) is 0 Å². The SMILES string of the molecule is NCC1CN(Cc2ccc3c(c2)OCO3)C(=O)O1. The fraction of sp³-hybridized carbons (Fsp3) is 0.417. The second kappa shape index (κ2) is 4.38. The van der Waals surface area contributed by atoms with Gasteiger partial charge in [0.05, 0.1) is 6.54 Å². The lowest BCUT2D eigenvalue weighted by Gasteiger charge is -2.12. The molecule has 2 heterocycles. The van der Waals surface area contributed by atoms with Crippen LogP contribution < -0.4 is 15.2 Å². The van der Waals surface area contributed by atoms with Crippen molar-refractivity contribution in [3.05, 3.63) is 23.8 Å². The van der Waals surface area contributed by atoms with E-state index in [0.717, 1.165) is 17.1 Å². The van der Waals surface area contributed by atoms with Crippen LogP contribution in [0.4, 0.5) is 4.79 Å². The van der Waals surface area contributed by atoms with Crippen molar-refractivity contribution in [1.29, 1.82) is 0 Å². The second-order valence-electron chi connectivity index (χ2n) is 4.31. The molecule has 1 amide bonds. The molecule has 0 bridgehead atoms. The Morgan fingerprint density at radius 1 is 1.33 bits per heavy atom. The van der Waals surface area contributed by atoms with E-state index in [0.29, 0.717) is 19.6 Å². The summed E-state index contributed by atoms with van der Waals surface area (Å²) >= 11 is 0. The monoisotopic (exact) mass is 250 g/mol. The lowest BCUT2D eigenvalue weighted by atomic mass is 10.2. The first-order valence-electron chi connectivity index (χ1n) is 5.80. The lowest BCUT2D eigenvalue weighted by molar-refractivity contribution is 0.134. The third-order valence-corrected chi connectivity index (χ3v) is 3.02. The molecule has 3 rings (SSSR count). The first-order chi connectivity index (χ1) is 8.76. The van der Waals surface area contributed by atoms with Gasteiger partial charge in [0.25, 0.3) is 0 Å². The van der Waals surface area contributed by atoms with Crippen LogP contribution in [0.3, 0.4) is 0 Å². The van der Waals surface area contributed by atoms with E-state index in [2.05, 4.69) is 0 Å². The number of cyclic esters (lactones) is 1. The van der Waals surface area contributed by atoms with Crippen LogP contribution in [-0.2, 0) is 11.3 Å². The summed E-state index contributed by atoms with van der Waals surface area (Å²) in [7, 11) is 0. The number of hydrogen-bond donors (Lipinski definition) is 1. The van der Waals surface area contributed by atoms with E-state index in [4.69, 9.17) is 19.9 Å². The molecule has 96 valence electrons.